The van der Waals surface area contributed by atoms with E-state index in [0.717, 1.165) is 82.0 Å². The number of likely N-dealkylation sites (N-methyl/N-ethyl adjacent to an activating group) is 1. The highest BCUT2D eigenvalue weighted by atomic mass is 16.5. The molecule has 0 amide bonds. The first-order valence-corrected chi connectivity index (χ1v) is 15.3. The van der Waals surface area contributed by atoms with Gasteiger partial charge in [0.25, 0.3) is 0 Å². The lowest BCUT2D eigenvalue weighted by atomic mass is 9.64. The second-order valence-corrected chi connectivity index (χ2v) is 13.2. The van der Waals surface area contributed by atoms with E-state index in [1.54, 1.807) is 11.6 Å². The van der Waals surface area contributed by atoms with Gasteiger partial charge in [0.15, 0.2) is 11.2 Å². The van der Waals surface area contributed by atoms with Crippen molar-refractivity contribution < 1.29 is 18.8 Å². The summed E-state index contributed by atoms with van der Waals surface area (Å²) in [5, 5.41) is 4.53. The van der Waals surface area contributed by atoms with Gasteiger partial charge in [0.05, 0.1) is 23.7 Å². The van der Waals surface area contributed by atoms with E-state index in [0.29, 0.717) is 41.7 Å². The Morgan fingerprint density at radius 2 is 1.88 bits per heavy atom. The van der Waals surface area contributed by atoms with Crippen LogP contribution in [0.5, 0.6) is 5.88 Å². The third kappa shape index (κ3) is 3.54. The number of aromatic nitrogens is 5. The van der Waals surface area contributed by atoms with Crippen molar-refractivity contribution in [2.24, 2.45) is 7.05 Å². The first-order valence-electron chi connectivity index (χ1n) is 15.3. The zero-order valence-electron chi connectivity index (χ0n) is 24.1. The van der Waals surface area contributed by atoms with Gasteiger partial charge in [0, 0.05) is 25.1 Å². The van der Waals surface area contributed by atoms with Crippen LogP contribution in [0.3, 0.4) is 0 Å². The van der Waals surface area contributed by atoms with Crippen molar-refractivity contribution >= 4 is 16.9 Å². The highest BCUT2D eigenvalue weighted by Crippen LogP contribution is 2.50. The number of Topliss-reactive ketones (excluding diaryl/α,β-unsaturated/α-hetero) is 1. The predicted octanol–water partition coefficient (Wildman–Crippen LogP) is 3.25. The van der Waals surface area contributed by atoms with Gasteiger partial charge < -0.3 is 14.0 Å². The number of rotatable bonds is 5. The van der Waals surface area contributed by atoms with Crippen LogP contribution < -0.4 is 10.4 Å². The Morgan fingerprint density at radius 1 is 1.05 bits per heavy atom. The van der Waals surface area contributed by atoms with Gasteiger partial charge in [-0.25, -0.2) is 9.78 Å². The summed E-state index contributed by atoms with van der Waals surface area (Å²) in [6.45, 7) is 3.60. The van der Waals surface area contributed by atoms with Crippen molar-refractivity contribution in [2.45, 2.75) is 107 Å². The fourth-order valence-electron chi connectivity index (χ4n) is 8.53. The Bertz CT molecular complexity index is 1610. The molecule has 2 bridgehead atoms. The fraction of sp³-hybridized carbons (Fsp3) is 0.700. The zero-order chi connectivity index (χ0) is 28.1. The molecular weight excluding hydrogens is 524 g/mol. The molecule has 0 radical (unpaired) electrons. The third-order valence-electron chi connectivity index (χ3n) is 10.8. The lowest BCUT2D eigenvalue weighted by Gasteiger charge is -2.37. The Morgan fingerprint density at radius 3 is 2.61 bits per heavy atom. The van der Waals surface area contributed by atoms with E-state index >= 15 is 0 Å². The molecule has 0 aromatic carbocycles. The fourth-order valence-corrected chi connectivity index (χ4v) is 8.53. The average Bonchev–Trinajstić information content (AvgIpc) is 3.76. The Hall–Kier alpha value is -3.05. The number of ether oxygens (including phenoxy) is 2. The number of nitrogens with zero attached hydrogens (tertiary/aromatic N) is 6. The lowest BCUT2D eigenvalue weighted by Crippen LogP contribution is -2.48. The predicted molar refractivity (Wildman–Crippen MR) is 149 cm³/mol. The van der Waals surface area contributed by atoms with Gasteiger partial charge in [-0.2, -0.15) is 4.98 Å². The second-order valence-electron chi connectivity index (χ2n) is 13.2. The molecule has 1 spiro atoms. The highest BCUT2D eigenvalue weighted by molar-refractivity contribution is 5.91. The van der Waals surface area contributed by atoms with Gasteiger partial charge in [0.1, 0.15) is 17.6 Å². The smallest absolute Gasteiger partial charge is 0.330 e. The minimum atomic E-state index is -0.561. The third-order valence-corrected chi connectivity index (χ3v) is 10.8. The molecule has 6 heterocycles. The summed E-state index contributed by atoms with van der Waals surface area (Å²) in [6, 6.07) is 0.256. The maximum absolute atomic E-state index is 13.8. The van der Waals surface area contributed by atoms with E-state index in [-0.39, 0.29) is 29.7 Å². The highest BCUT2D eigenvalue weighted by Gasteiger charge is 2.55. The first kappa shape index (κ1) is 25.6. The van der Waals surface area contributed by atoms with Crippen LogP contribution >= 0.6 is 0 Å². The molecule has 11 heteroatoms. The van der Waals surface area contributed by atoms with Crippen molar-refractivity contribution in [3.8, 4) is 17.5 Å². The largest absolute Gasteiger partial charge is 0.471 e. The van der Waals surface area contributed by atoms with Gasteiger partial charge >= 0.3 is 5.69 Å². The summed E-state index contributed by atoms with van der Waals surface area (Å²) >= 11 is 0. The van der Waals surface area contributed by atoms with Crippen LogP contribution in [0.25, 0.3) is 22.7 Å². The summed E-state index contributed by atoms with van der Waals surface area (Å²) in [4.78, 5) is 39.3. The van der Waals surface area contributed by atoms with E-state index in [1.165, 1.54) is 0 Å². The summed E-state index contributed by atoms with van der Waals surface area (Å²) < 4.78 is 22.0. The number of hydrogen-bond donors (Lipinski definition) is 0. The SMILES string of the molecule is C[C@H](Oc1nc(-c2onc3c2CCC[C@@]32CCCCC2=O)nc2c1n(C)c(=O)n2C12COC(C1)C2)[C@@H]1CCCN1C. The van der Waals surface area contributed by atoms with Gasteiger partial charge in [-0.1, -0.05) is 11.6 Å². The molecule has 3 atom stereocenters. The molecule has 3 saturated heterocycles. The Kier molecular flexibility index (Phi) is 5.61. The first-order chi connectivity index (χ1) is 19.8. The molecule has 11 nitrogen and oxygen atoms in total. The summed E-state index contributed by atoms with van der Waals surface area (Å²) in [7, 11) is 3.89. The topological polar surface area (TPSA) is 118 Å². The standard InChI is InChI=1S/C30H38N6O5/c1-17(20-9-7-13-34(20)2)40-27-22-26(36(28(38)35(22)3)29-14-18(15-29)39-16-29)31-25(32-27)23-19-8-6-12-30(24(19)33-41-23)11-5-4-10-21(30)37/h17-18,20H,4-16H2,1-3H3/t17-,18?,20-,29?,30+/m0/s1. The van der Waals surface area contributed by atoms with Crippen LogP contribution in [-0.4, -0.2) is 73.4 Å². The van der Waals surface area contributed by atoms with Crippen molar-refractivity contribution in [2.75, 3.05) is 20.2 Å². The monoisotopic (exact) mass is 562 g/mol. The molecule has 2 saturated carbocycles. The maximum Gasteiger partial charge on any atom is 0.330 e. The van der Waals surface area contributed by atoms with E-state index < -0.39 is 11.0 Å². The molecule has 5 fully saturated rings. The van der Waals surface area contributed by atoms with Crippen LogP contribution in [0, 0.1) is 0 Å². The number of carbonyl (C=O) groups excluding carboxylic acids is 1. The van der Waals surface area contributed by atoms with Crippen molar-refractivity contribution in [1.29, 1.82) is 0 Å². The van der Waals surface area contributed by atoms with Gasteiger partial charge in [-0.05, 0) is 78.3 Å². The Balaban J connectivity index is 1.30. The molecule has 6 aliphatic rings. The van der Waals surface area contributed by atoms with Crippen LogP contribution in [0.15, 0.2) is 9.32 Å². The minimum absolute atomic E-state index is 0.139. The van der Waals surface area contributed by atoms with Crippen molar-refractivity contribution in [3.05, 3.63) is 21.7 Å². The lowest BCUT2D eigenvalue weighted by molar-refractivity contribution is -0.127. The molecule has 41 heavy (non-hydrogen) atoms. The normalized spacial score (nSPS) is 32.0. The molecular formula is C30H38N6O5. The van der Waals surface area contributed by atoms with Gasteiger partial charge in [-0.3, -0.25) is 18.8 Å². The molecule has 3 aromatic rings. The number of imidazole rings is 1. The summed E-state index contributed by atoms with van der Waals surface area (Å²) in [5.74, 6) is 1.51. The zero-order valence-corrected chi connectivity index (χ0v) is 24.1. The van der Waals surface area contributed by atoms with Crippen molar-refractivity contribution in [1.82, 2.24) is 29.2 Å². The molecule has 218 valence electrons. The molecule has 0 N–H and O–H groups in total. The number of fused-ring (bicyclic) bond motifs is 4. The maximum atomic E-state index is 13.8. The number of ketones is 1. The molecule has 0 unspecified atom stereocenters. The van der Waals surface area contributed by atoms with Crippen LogP contribution in [0.4, 0.5) is 0 Å². The molecule has 3 aliphatic heterocycles. The quantitative estimate of drug-likeness (QED) is 0.462. The Labute approximate surface area is 238 Å². The van der Waals surface area contributed by atoms with Gasteiger partial charge in [0.2, 0.25) is 17.5 Å². The number of aryl methyl sites for hydroxylation is 1. The van der Waals surface area contributed by atoms with E-state index in [1.807, 2.05) is 4.57 Å². The summed E-state index contributed by atoms with van der Waals surface area (Å²) in [5.41, 5.74) is 1.72. The summed E-state index contributed by atoms with van der Waals surface area (Å²) in [6.07, 6.45) is 9.65. The van der Waals surface area contributed by atoms with Gasteiger partial charge in [-0.15, -0.1) is 0 Å². The number of likely N-dealkylation sites (tertiary alicyclic amines) is 1. The van der Waals surface area contributed by atoms with E-state index in [4.69, 9.17) is 24.0 Å². The van der Waals surface area contributed by atoms with Crippen LogP contribution in [0.1, 0.15) is 82.4 Å². The van der Waals surface area contributed by atoms with E-state index in [9.17, 15) is 9.59 Å². The molecule has 9 rings (SSSR count). The number of carbonyl (C=O) groups is 1. The molecule has 3 aliphatic carbocycles. The van der Waals surface area contributed by atoms with E-state index in [2.05, 4.69) is 24.0 Å². The van der Waals surface area contributed by atoms with Crippen LogP contribution in [-0.2, 0) is 34.0 Å². The van der Waals surface area contributed by atoms with Crippen LogP contribution in [0.2, 0.25) is 0 Å². The van der Waals surface area contributed by atoms with Crippen molar-refractivity contribution in [3.63, 3.8) is 0 Å². The number of hydrogen-bond acceptors (Lipinski definition) is 9. The molecule has 3 aromatic heterocycles. The second kappa shape index (κ2) is 8.97. The minimum Gasteiger partial charge on any atom is -0.471 e. The average molecular weight is 563 g/mol.